The molecule has 1 aliphatic carbocycles. The van der Waals surface area contributed by atoms with Gasteiger partial charge in [0.1, 0.15) is 0 Å². The van der Waals surface area contributed by atoms with E-state index in [1.54, 1.807) is 0 Å². The van der Waals surface area contributed by atoms with Crippen molar-refractivity contribution >= 4 is 0 Å². The number of hydrogen-bond acceptors (Lipinski definition) is 3. The summed E-state index contributed by atoms with van der Waals surface area (Å²) in [4.78, 5) is 0. The summed E-state index contributed by atoms with van der Waals surface area (Å²) in [6.45, 7) is 3.14. The van der Waals surface area contributed by atoms with Gasteiger partial charge in [0.25, 0.3) is 0 Å². The summed E-state index contributed by atoms with van der Waals surface area (Å²) in [5.74, 6) is 0.782. The topological polar surface area (TPSA) is 42.7 Å². The number of hydrogen-bond donors (Lipinski definition) is 1. The van der Waals surface area contributed by atoms with E-state index in [0.29, 0.717) is 6.04 Å². The van der Waals surface area contributed by atoms with E-state index in [9.17, 15) is 0 Å². The maximum atomic E-state index is 4.14. The molecule has 0 spiro atoms. The highest BCUT2D eigenvalue weighted by molar-refractivity contribution is 5.05. The van der Waals surface area contributed by atoms with Gasteiger partial charge in [-0.15, -0.1) is 5.10 Å². The molecule has 4 heteroatoms. The predicted molar refractivity (Wildman–Crippen MR) is 59.5 cm³/mol. The molecule has 0 amide bonds. The van der Waals surface area contributed by atoms with E-state index in [4.69, 9.17) is 0 Å². The van der Waals surface area contributed by atoms with E-state index in [-0.39, 0.29) is 0 Å². The van der Waals surface area contributed by atoms with Crippen LogP contribution in [0.4, 0.5) is 0 Å². The van der Waals surface area contributed by atoms with Crippen LogP contribution in [-0.4, -0.2) is 22.0 Å². The molecule has 0 aliphatic heterocycles. The van der Waals surface area contributed by atoms with Crippen molar-refractivity contribution in [3.05, 3.63) is 11.9 Å². The molecule has 1 heterocycles. The number of aryl methyl sites for hydroxylation is 1. The molecule has 0 bridgehead atoms. The van der Waals surface area contributed by atoms with E-state index >= 15 is 0 Å². The van der Waals surface area contributed by atoms with Crippen LogP contribution in [0.25, 0.3) is 0 Å². The first-order valence-electron chi connectivity index (χ1n) is 5.92. The third-order valence-corrected chi connectivity index (χ3v) is 3.33. The van der Waals surface area contributed by atoms with Gasteiger partial charge >= 0.3 is 0 Å². The molecular weight excluding hydrogens is 188 g/mol. The number of rotatable bonds is 5. The maximum absolute atomic E-state index is 4.14. The molecule has 0 aromatic carbocycles. The fourth-order valence-corrected chi connectivity index (χ4v) is 2.29. The van der Waals surface area contributed by atoms with Crippen molar-refractivity contribution in [2.24, 2.45) is 5.92 Å². The SMILES string of the molecule is CCCn1nncc1C(NC)C1CCC1. The van der Waals surface area contributed by atoms with E-state index in [1.807, 2.05) is 17.9 Å². The van der Waals surface area contributed by atoms with Gasteiger partial charge in [0, 0.05) is 6.54 Å². The van der Waals surface area contributed by atoms with Crippen molar-refractivity contribution in [1.82, 2.24) is 20.3 Å². The summed E-state index contributed by atoms with van der Waals surface area (Å²) in [6, 6.07) is 0.445. The lowest BCUT2D eigenvalue weighted by Crippen LogP contribution is -2.31. The highest BCUT2D eigenvalue weighted by Crippen LogP contribution is 2.37. The highest BCUT2D eigenvalue weighted by atomic mass is 15.4. The molecule has 1 aliphatic rings. The smallest absolute Gasteiger partial charge is 0.0759 e. The molecule has 1 unspecified atom stereocenters. The van der Waals surface area contributed by atoms with Gasteiger partial charge in [-0.2, -0.15) is 0 Å². The summed E-state index contributed by atoms with van der Waals surface area (Å²) in [6.07, 6.45) is 7.07. The van der Waals surface area contributed by atoms with Gasteiger partial charge in [-0.05, 0) is 32.2 Å². The first-order valence-corrected chi connectivity index (χ1v) is 5.92. The van der Waals surface area contributed by atoms with Crippen LogP contribution < -0.4 is 5.32 Å². The highest BCUT2D eigenvalue weighted by Gasteiger charge is 2.29. The van der Waals surface area contributed by atoms with E-state index in [0.717, 1.165) is 18.9 Å². The molecule has 2 rings (SSSR count). The van der Waals surface area contributed by atoms with Gasteiger partial charge in [-0.25, -0.2) is 4.68 Å². The zero-order valence-corrected chi connectivity index (χ0v) is 9.61. The lowest BCUT2D eigenvalue weighted by Gasteiger charge is -2.33. The fourth-order valence-electron chi connectivity index (χ4n) is 2.29. The third-order valence-electron chi connectivity index (χ3n) is 3.33. The molecule has 1 fully saturated rings. The van der Waals surface area contributed by atoms with Crippen molar-refractivity contribution in [3.63, 3.8) is 0 Å². The molecular formula is C11H20N4. The summed E-state index contributed by atoms with van der Waals surface area (Å²) in [7, 11) is 2.03. The molecule has 0 radical (unpaired) electrons. The molecule has 4 nitrogen and oxygen atoms in total. The van der Waals surface area contributed by atoms with Crippen LogP contribution in [0.3, 0.4) is 0 Å². The Morgan fingerprint density at radius 3 is 2.93 bits per heavy atom. The van der Waals surface area contributed by atoms with E-state index in [1.165, 1.54) is 25.0 Å². The number of aromatic nitrogens is 3. The summed E-state index contributed by atoms with van der Waals surface area (Å²) < 4.78 is 2.04. The minimum Gasteiger partial charge on any atom is -0.311 e. The molecule has 0 saturated heterocycles. The Labute approximate surface area is 91.1 Å². The van der Waals surface area contributed by atoms with E-state index in [2.05, 4.69) is 22.6 Å². The summed E-state index contributed by atoms with van der Waals surface area (Å²) in [5, 5.41) is 11.6. The normalized spacial score (nSPS) is 18.8. The van der Waals surface area contributed by atoms with Crippen molar-refractivity contribution < 1.29 is 0 Å². The Bertz CT molecular complexity index is 303. The van der Waals surface area contributed by atoms with Crippen LogP contribution in [0, 0.1) is 5.92 Å². The average Bonchev–Trinajstić information content (AvgIpc) is 2.60. The predicted octanol–water partition coefficient (Wildman–Crippen LogP) is 1.75. The van der Waals surface area contributed by atoms with Gasteiger partial charge in [0.2, 0.25) is 0 Å². The van der Waals surface area contributed by atoms with Crippen LogP contribution in [0.2, 0.25) is 0 Å². The first kappa shape index (κ1) is 10.6. The third kappa shape index (κ3) is 2.04. The molecule has 1 atom stereocenters. The quantitative estimate of drug-likeness (QED) is 0.801. The van der Waals surface area contributed by atoms with Gasteiger partial charge < -0.3 is 5.32 Å². The molecule has 84 valence electrons. The van der Waals surface area contributed by atoms with E-state index < -0.39 is 0 Å². The Kier molecular flexibility index (Phi) is 3.36. The second kappa shape index (κ2) is 4.75. The largest absolute Gasteiger partial charge is 0.311 e. The fraction of sp³-hybridized carbons (Fsp3) is 0.818. The van der Waals surface area contributed by atoms with Gasteiger partial charge in [0.05, 0.1) is 17.9 Å². The Hall–Kier alpha value is -0.900. The molecule has 1 saturated carbocycles. The van der Waals surface area contributed by atoms with Gasteiger partial charge in [-0.3, -0.25) is 0 Å². The average molecular weight is 208 g/mol. The maximum Gasteiger partial charge on any atom is 0.0759 e. The van der Waals surface area contributed by atoms with Crippen LogP contribution >= 0.6 is 0 Å². The van der Waals surface area contributed by atoms with Crippen molar-refractivity contribution in [1.29, 1.82) is 0 Å². The first-order chi connectivity index (χ1) is 7.36. The number of nitrogens with one attached hydrogen (secondary N) is 1. The Morgan fingerprint density at radius 1 is 1.60 bits per heavy atom. The molecule has 1 aromatic rings. The van der Waals surface area contributed by atoms with Crippen LogP contribution in [-0.2, 0) is 6.54 Å². The van der Waals surface area contributed by atoms with Crippen molar-refractivity contribution in [2.45, 2.75) is 45.2 Å². The Balaban J connectivity index is 2.13. The monoisotopic (exact) mass is 208 g/mol. The molecule has 1 aromatic heterocycles. The Morgan fingerprint density at radius 2 is 2.40 bits per heavy atom. The summed E-state index contributed by atoms with van der Waals surface area (Å²) in [5.41, 5.74) is 1.25. The second-order valence-corrected chi connectivity index (χ2v) is 4.34. The molecule has 1 N–H and O–H groups in total. The van der Waals surface area contributed by atoms with Crippen LogP contribution in [0.15, 0.2) is 6.20 Å². The van der Waals surface area contributed by atoms with Gasteiger partial charge in [-0.1, -0.05) is 18.6 Å². The lowest BCUT2D eigenvalue weighted by atomic mass is 9.78. The standard InChI is InChI=1S/C11H20N4/c1-3-7-15-10(8-13-14-15)11(12-2)9-5-4-6-9/h8-9,11-12H,3-7H2,1-2H3. The lowest BCUT2D eigenvalue weighted by molar-refractivity contribution is 0.230. The molecule has 15 heavy (non-hydrogen) atoms. The van der Waals surface area contributed by atoms with Crippen molar-refractivity contribution in [3.8, 4) is 0 Å². The number of nitrogens with zero attached hydrogens (tertiary/aromatic N) is 3. The minimum absolute atomic E-state index is 0.445. The zero-order chi connectivity index (χ0) is 10.7. The summed E-state index contributed by atoms with van der Waals surface area (Å²) >= 11 is 0. The van der Waals surface area contributed by atoms with Crippen LogP contribution in [0.1, 0.15) is 44.3 Å². The van der Waals surface area contributed by atoms with Crippen LogP contribution in [0.5, 0.6) is 0 Å². The van der Waals surface area contributed by atoms with Gasteiger partial charge in [0.15, 0.2) is 0 Å². The van der Waals surface area contributed by atoms with Crippen molar-refractivity contribution in [2.75, 3.05) is 7.05 Å². The minimum atomic E-state index is 0.445. The zero-order valence-electron chi connectivity index (χ0n) is 9.61. The second-order valence-electron chi connectivity index (χ2n) is 4.34.